The summed E-state index contributed by atoms with van der Waals surface area (Å²) < 4.78 is 0. The van der Waals surface area contributed by atoms with Crippen molar-refractivity contribution in [3.63, 3.8) is 0 Å². The van der Waals surface area contributed by atoms with E-state index >= 15 is 0 Å². The van der Waals surface area contributed by atoms with Crippen LogP contribution in [0.4, 0.5) is 0 Å². The van der Waals surface area contributed by atoms with Crippen LogP contribution in [0.5, 0.6) is 0 Å². The molecule has 5 heteroatoms. The van der Waals surface area contributed by atoms with Gasteiger partial charge in [-0.3, -0.25) is 14.9 Å². The molecule has 1 fully saturated rings. The van der Waals surface area contributed by atoms with Crippen LogP contribution in [-0.4, -0.2) is 39.1 Å². The van der Waals surface area contributed by atoms with Gasteiger partial charge in [-0.05, 0) is 43.0 Å². The second-order valence-electron chi connectivity index (χ2n) is 7.19. The summed E-state index contributed by atoms with van der Waals surface area (Å²) in [6.07, 6.45) is 7.53. The number of aromatic nitrogens is 3. The van der Waals surface area contributed by atoms with Gasteiger partial charge < -0.3 is 4.90 Å². The maximum atomic E-state index is 13.1. The number of hydrogen-bond donors (Lipinski definition) is 1. The van der Waals surface area contributed by atoms with Crippen molar-refractivity contribution < 1.29 is 4.79 Å². The molecule has 1 saturated heterocycles. The molecule has 5 nitrogen and oxygen atoms in total. The van der Waals surface area contributed by atoms with E-state index in [0.717, 1.165) is 48.3 Å². The summed E-state index contributed by atoms with van der Waals surface area (Å²) in [6.45, 7) is 3.56. The number of rotatable bonds is 4. The molecular weight excluding hydrogens is 336 g/mol. The first-order chi connectivity index (χ1) is 13.2. The number of carbonyl (C=O) groups is 1. The molecule has 1 aliphatic heterocycles. The van der Waals surface area contributed by atoms with Gasteiger partial charge in [-0.25, -0.2) is 0 Å². The molecule has 1 aliphatic rings. The van der Waals surface area contributed by atoms with Crippen molar-refractivity contribution in [2.75, 3.05) is 13.1 Å². The second kappa shape index (κ2) is 7.74. The van der Waals surface area contributed by atoms with Gasteiger partial charge >= 0.3 is 0 Å². The van der Waals surface area contributed by atoms with E-state index in [-0.39, 0.29) is 17.7 Å². The quantitative estimate of drug-likeness (QED) is 0.765. The molecule has 1 N–H and O–H groups in total. The zero-order chi connectivity index (χ0) is 18.6. The Morgan fingerprint density at radius 3 is 2.74 bits per heavy atom. The molecule has 0 spiro atoms. The van der Waals surface area contributed by atoms with Crippen molar-refractivity contribution >= 4 is 5.91 Å². The van der Waals surface area contributed by atoms with Gasteiger partial charge in [0, 0.05) is 42.7 Å². The maximum Gasteiger partial charge on any atom is 0.229 e. The predicted molar refractivity (Wildman–Crippen MR) is 105 cm³/mol. The van der Waals surface area contributed by atoms with Crippen molar-refractivity contribution in [2.24, 2.45) is 0 Å². The highest BCUT2D eigenvalue weighted by atomic mass is 16.2. The summed E-state index contributed by atoms with van der Waals surface area (Å²) in [5.74, 6) is 0.360. The minimum atomic E-state index is -0.119. The number of aromatic amines is 1. The third-order valence-electron chi connectivity index (χ3n) is 5.47. The van der Waals surface area contributed by atoms with Crippen LogP contribution in [-0.2, 0) is 4.79 Å². The highest BCUT2D eigenvalue weighted by molar-refractivity contribution is 5.83. The summed E-state index contributed by atoms with van der Waals surface area (Å²) in [6, 6.07) is 14.0. The van der Waals surface area contributed by atoms with Gasteiger partial charge in [-0.1, -0.05) is 30.3 Å². The van der Waals surface area contributed by atoms with Crippen LogP contribution in [0.2, 0.25) is 0 Å². The van der Waals surface area contributed by atoms with Gasteiger partial charge in [0.25, 0.3) is 0 Å². The lowest BCUT2D eigenvalue weighted by Crippen LogP contribution is -2.41. The van der Waals surface area contributed by atoms with E-state index in [4.69, 9.17) is 0 Å². The summed E-state index contributed by atoms with van der Waals surface area (Å²) in [5.41, 5.74) is 4.40. The molecule has 0 bridgehead atoms. The van der Waals surface area contributed by atoms with Gasteiger partial charge in [0.1, 0.15) is 0 Å². The number of pyridine rings is 1. The van der Waals surface area contributed by atoms with Gasteiger partial charge in [-0.15, -0.1) is 0 Å². The van der Waals surface area contributed by atoms with Crippen molar-refractivity contribution in [3.05, 3.63) is 72.3 Å². The first-order valence-corrected chi connectivity index (χ1v) is 9.51. The molecule has 0 unspecified atom stereocenters. The largest absolute Gasteiger partial charge is 0.342 e. The minimum Gasteiger partial charge on any atom is -0.342 e. The number of nitrogens with one attached hydrogen (secondary N) is 1. The van der Waals surface area contributed by atoms with E-state index in [1.807, 2.05) is 60.5 Å². The van der Waals surface area contributed by atoms with E-state index < -0.39 is 0 Å². The number of carbonyl (C=O) groups excluding carboxylic acids is 1. The Kier molecular flexibility index (Phi) is 5.01. The number of amides is 1. The molecule has 27 heavy (non-hydrogen) atoms. The number of nitrogens with zero attached hydrogens (tertiary/aromatic N) is 3. The molecular formula is C22H24N4O. The van der Waals surface area contributed by atoms with E-state index in [9.17, 15) is 4.79 Å². The van der Waals surface area contributed by atoms with Gasteiger partial charge in [-0.2, -0.15) is 5.10 Å². The highest BCUT2D eigenvalue weighted by Crippen LogP contribution is 2.33. The SMILES string of the molecule is C[C@@H](C(=O)N1CCC[C@H](c2[nH]ncc2-c2ccncc2)C1)c1ccccc1. The summed E-state index contributed by atoms with van der Waals surface area (Å²) in [5, 5.41) is 7.46. The second-order valence-corrected chi connectivity index (χ2v) is 7.19. The lowest BCUT2D eigenvalue weighted by Gasteiger charge is -2.34. The van der Waals surface area contributed by atoms with Crippen LogP contribution >= 0.6 is 0 Å². The molecule has 3 aromatic rings. The molecule has 138 valence electrons. The minimum absolute atomic E-state index is 0.119. The van der Waals surface area contributed by atoms with Crippen LogP contribution in [0.15, 0.2) is 61.1 Å². The fourth-order valence-corrected chi connectivity index (χ4v) is 3.94. The number of hydrogen-bond acceptors (Lipinski definition) is 3. The van der Waals surface area contributed by atoms with E-state index in [1.54, 1.807) is 12.4 Å². The average molecular weight is 360 g/mol. The lowest BCUT2D eigenvalue weighted by atomic mass is 9.89. The van der Waals surface area contributed by atoms with Crippen LogP contribution in [0.25, 0.3) is 11.1 Å². The normalized spacial score (nSPS) is 18.3. The zero-order valence-corrected chi connectivity index (χ0v) is 15.5. The third-order valence-corrected chi connectivity index (χ3v) is 5.47. The average Bonchev–Trinajstić information content (AvgIpc) is 3.24. The van der Waals surface area contributed by atoms with Crippen LogP contribution in [0.1, 0.15) is 42.9 Å². The van der Waals surface area contributed by atoms with Crippen LogP contribution in [0, 0.1) is 0 Å². The summed E-state index contributed by atoms with van der Waals surface area (Å²) >= 11 is 0. The monoisotopic (exact) mass is 360 g/mol. The van der Waals surface area contributed by atoms with Crippen molar-refractivity contribution in [1.29, 1.82) is 0 Å². The van der Waals surface area contributed by atoms with Gasteiger partial charge in [0.2, 0.25) is 5.91 Å². The molecule has 3 heterocycles. The van der Waals surface area contributed by atoms with Gasteiger partial charge in [0.15, 0.2) is 0 Å². The molecule has 0 aliphatic carbocycles. The highest BCUT2D eigenvalue weighted by Gasteiger charge is 2.30. The van der Waals surface area contributed by atoms with E-state index in [0.29, 0.717) is 0 Å². The van der Waals surface area contributed by atoms with Crippen molar-refractivity contribution in [1.82, 2.24) is 20.1 Å². The number of benzene rings is 1. The summed E-state index contributed by atoms with van der Waals surface area (Å²) in [7, 11) is 0. The topological polar surface area (TPSA) is 61.9 Å². The fraction of sp³-hybridized carbons (Fsp3) is 0.318. The van der Waals surface area contributed by atoms with Crippen molar-refractivity contribution in [3.8, 4) is 11.1 Å². The zero-order valence-electron chi connectivity index (χ0n) is 15.5. The lowest BCUT2D eigenvalue weighted by molar-refractivity contribution is -0.133. The Labute approximate surface area is 159 Å². The number of H-pyrrole nitrogens is 1. The molecule has 1 amide bonds. The summed E-state index contributed by atoms with van der Waals surface area (Å²) in [4.78, 5) is 19.2. The number of likely N-dealkylation sites (tertiary alicyclic amines) is 1. The third kappa shape index (κ3) is 3.63. The molecule has 2 atom stereocenters. The molecule has 1 aromatic carbocycles. The van der Waals surface area contributed by atoms with Gasteiger partial charge in [0.05, 0.1) is 12.1 Å². The van der Waals surface area contributed by atoms with Crippen LogP contribution in [0.3, 0.4) is 0 Å². The standard InChI is InChI=1S/C22H24N4O/c1-16(17-6-3-2-4-7-17)22(27)26-13-5-8-19(15-26)21-20(14-24-25-21)18-9-11-23-12-10-18/h2-4,6-7,9-12,14,16,19H,5,8,13,15H2,1H3,(H,24,25)/t16-,19+/m1/s1. The molecule has 2 aromatic heterocycles. The fourth-order valence-electron chi connectivity index (χ4n) is 3.94. The first-order valence-electron chi connectivity index (χ1n) is 9.51. The Bertz CT molecular complexity index is 891. The molecule has 0 saturated carbocycles. The molecule has 4 rings (SSSR count). The first kappa shape index (κ1) is 17.5. The van der Waals surface area contributed by atoms with Crippen molar-refractivity contribution in [2.45, 2.75) is 31.6 Å². The smallest absolute Gasteiger partial charge is 0.229 e. The predicted octanol–water partition coefficient (Wildman–Crippen LogP) is 3.98. The Morgan fingerprint density at radius 2 is 1.96 bits per heavy atom. The Morgan fingerprint density at radius 1 is 1.19 bits per heavy atom. The Hall–Kier alpha value is -2.95. The Balaban J connectivity index is 1.53. The maximum absolute atomic E-state index is 13.1. The van der Waals surface area contributed by atoms with E-state index in [1.165, 1.54) is 0 Å². The van der Waals surface area contributed by atoms with E-state index in [2.05, 4.69) is 15.2 Å². The molecule has 0 radical (unpaired) electrons. The van der Waals surface area contributed by atoms with Crippen LogP contribution < -0.4 is 0 Å². The number of piperidine rings is 1.